The molecule has 0 bridgehead atoms. The van der Waals surface area contributed by atoms with E-state index in [1.54, 1.807) is 25.7 Å². The molecule has 3 atom stereocenters. The lowest BCUT2D eigenvalue weighted by molar-refractivity contribution is 0.0150. The van der Waals surface area contributed by atoms with Crippen molar-refractivity contribution in [3.05, 3.63) is 0 Å². The summed E-state index contributed by atoms with van der Waals surface area (Å²) in [5.74, 6) is 0. The van der Waals surface area contributed by atoms with Gasteiger partial charge >= 0.3 is 12.2 Å². The SMILES string of the molecule is CN(CC(F)C[C@H]1C[C@@H](O[Si](C)(C)C(C)(C)C)CN1C(=O)OC(C)(C)C)C(=O)OC(C)(C)C. The van der Waals surface area contributed by atoms with E-state index in [2.05, 4.69) is 33.9 Å². The molecule has 0 saturated carbocycles. The van der Waals surface area contributed by atoms with Crippen LogP contribution in [0.3, 0.4) is 0 Å². The normalized spacial score (nSPS) is 21.1. The third-order valence-corrected chi connectivity index (χ3v) is 10.5. The number of halogens is 1. The molecular weight excluding hydrogens is 443 g/mol. The Morgan fingerprint density at radius 2 is 1.55 bits per heavy atom. The second-order valence-electron chi connectivity index (χ2n) is 12.7. The van der Waals surface area contributed by atoms with Crippen LogP contribution in [0.4, 0.5) is 14.0 Å². The fourth-order valence-electron chi connectivity index (χ4n) is 3.40. The fraction of sp³-hybridized carbons (Fsp3) is 0.917. The summed E-state index contributed by atoms with van der Waals surface area (Å²) in [4.78, 5) is 27.9. The van der Waals surface area contributed by atoms with E-state index in [4.69, 9.17) is 13.9 Å². The zero-order valence-electron chi connectivity index (χ0n) is 22.9. The molecule has 1 fully saturated rings. The van der Waals surface area contributed by atoms with E-state index in [1.165, 1.54) is 11.9 Å². The smallest absolute Gasteiger partial charge is 0.410 e. The van der Waals surface area contributed by atoms with Gasteiger partial charge in [-0.25, -0.2) is 14.0 Å². The van der Waals surface area contributed by atoms with E-state index in [9.17, 15) is 9.59 Å². The van der Waals surface area contributed by atoms with Crippen molar-refractivity contribution in [2.24, 2.45) is 0 Å². The number of carbonyl (C=O) groups excluding carboxylic acids is 2. The van der Waals surface area contributed by atoms with Crippen LogP contribution in [0.5, 0.6) is 0 Å². The topological polar surface area (TPSA) is 68.3 Å². The van der Waals surface area contributed by atoms with Gasteiger partial charge in [0.25, 0.3) is 0 Å². The Bertz CT molecular complexity index is 682. The molecule has 33 heavy (non-hydrogen) atoms. The highest BCUT2D eigenvalue weighted by Gasteiger charge is 2.45. The fourth-order valence-corrected chi connectivity index (χ4v) is 4.76. The minimum atomic E-state index is -2.06. The van der Waals surface area contributed by atoms with Gasteiger partial charge < -0.3 is 23.7 Å². The second kappa shape index (κ2) is 10.5. The Hall–Kier alpha value is -1.35. The lowest BCUT2D eigenvalue weighted by atomic mass is 10.1. The van der Waals surface area contributed by atoms with Gasteiger partial charge in [-0.2, -0.15) is 0 Å². The van der Waals surface area contributed by atoms with E-state index in [0.717, 1.165) is 0 Å². The summed E-state index contributed by atoms with van der Waals surface area (Å²) in [6.45, 7) is 21.9. The van der Waals surface area contributed by atoms with Crippen molar-refractivity contribution in [3.63, 3.8) is 0 Å². The van der Waals surface area contributed by atoms with Crippen molar-refractivity contribution in [2.75, 3.05) is 20.1 Å². The number of alkyl halides is 1. The minimum absolute atomic E-state index is 0.0284. The molecule has 1 saturated heterocycles. The van der Waals surface area contributed by atoms with Gasteiger partial charge in [0.2, 0.25) is 0 Å². The van der Waals surface area contributed by atoms with Gasteiger partial charge in [0.1, 0.15) is 17.4 Å². The van der Waals surface area contributed by atoms with Crippen LogP contribution in [0.15, 0.2) is 0 Å². The van der Waals surface area contributed by atoms with Crippen LogP contribution in [0, 0.1) is 0 Å². The number of hydrogen-bond acceptors (Lipinski definition) is 5. The van der Waals surface area contributed by atoms with Crippen molar-refractivity contribution in [1.82, 2.24) is 9.80 Å². The van der Waals surface area contributed by atoms with E-state index < -0.39 is 37.9 Å². The largest absolute Gasteiger partial charge is 0.444 e. The molecule has 1 aliphatic rings. The summed E-state index contributed by atoms with van der Waals surface area (Å²) in [5, 5.41) is 0.0284. The molecule has 1 heterocycles. The molecule has 0 aromatic rings. The molecule has 1 aliphatic heterocycles. The first-order chi connectivity index (χ1) is 14.6. The molecule has 0 radical (unpaired) electrons. The zero-order chi connectivity index (χ0) is 26.0. The predicted octanol–water partition coefficient (Wildman–Crippen LogP) is 5.98. The summed E-state index contributed by atoms with van der Waals surface area (Å²) >= 11 is 0. The van der Waals surface area contributed by atoms with Crippen molar-refractivity contribution in [3.8, 4) is 0 Å². The highest BCUT2D eigenvalue weighted by molar-refractivity contribution is 6.74. The number of amides is 2. The molecule has 194 valence electrons. The van der Waals surface area contributed by atoms with Crippen LogP contribution in [0.2, 0.25) is 18.1 Å². The summed E-state index contributed by atoms with van der Waals surface area (Å²) in [5.41, 5.74) is -1.30. The first-order valence-electron chi connectivity index (χ1n) is 11.9. The summed E-state index contributed by atoms with van der Waals surface area (Å²) < 4.78 is 32.5. The third kappa shape index (κ3) is 9.80. The van der Waals surface area contributed by atoms with Crippen LogP contribution < -0.4 is 0 Å². The van der Waals surface area contributed by atoms with E-state index in [-0.39, 0.29) is 30.1 Å². The first kappa shape index (κ1) is 29.7. The first-order valence-corrected chi connectivity index (χ1v) is 14.8. The van der Waals surface area contributed by atoms with E-state index in [1.807, 2.05) is 20.8 Å². The van der Waals surface area contributed by atoms with Crippen molar-refractivity contribution >= 4 is 20.5 Å². The van der Waals surface area contributed by atoms with Gasteiger partial charge in [-0.3, -0.25) is 0 Å². The molecule has 9 heteroatoms. The quantitative estimate of drug-likeness (QED) is 0.428. The number of ether oxygens (including phenoxy) is 2. The molecule has 0 aromatic heterocycles. The van der Waals surface area contributed by atoms with Crippen molar-refractivity contribution in [2.45, 2.75) is 123 Å². The highest BCUT2D eigenvalue weighted by Crippen LogP contribution is 2.39. The van der Waals surface area contributed by atoms with Crippen LogP contribution in [0.25, 0.3) is 0 Å². The lowest BCUT2D eigenvalue weighted by Crippen LogP contribution is -2.45. The van der Waals surface area contributed by atoms with Gasteiger partial charge in [0.05, 0.1) is 12.6 Å². The van der Waals surface area contributed by atoms with Gasteiger partial charge in [-0.05, 0) is 66.1 Å². The van der Waals surface area contributed by atoms with Crippen molar-refractivity contribution < 1.29 is 27.9 Å². The number of carbonyl (C=O) groups is 2. The Balaban J connectivity index is 2.91. The lowest BCUT2D eigenvalue weighted by Gasteiger charge is -2.38. The Morgan fingerprint density at radius 1 is 1.03 bits per heavy atom. The maximum Gasteiger partial charge on any atom is 0.410 e. The van der Waals surface area contributed by atoms with Gasteiger partial charge in [0.15, 0.2) is 8.32 Å². The molecule has 0 spiro atoms. The minimum Gasteiger partial charge on any atom is -0.444 e. The second-order valence-corrected chi connectivity index (χ2v) is 17.5. The standard InChI is InChI=1S/C24H47FN2O5Si/c1-22(2,3)30-20(28)26(10)15-17(25)13-18-14-19(32-33(11,12)24(7,8)9)16-27(18)21(29)31-23(4,5)6/h17-19H,13-16H2,1-12H3/t17?,18-,19+/m0/s1. The number of likely N-dealkylation sites (tertiary alicyclic amines) is 1. The van der Waals surface area contributed by atoms with E-state index in [0.29, 0.717) is 13.0 Å². The zero-order valence-corrected chi connectivity index (χ0v) is 23.9. The number of nitrogens with zero attached hydrogens (tertiary/aromatic N) is 2. The summed E-state index contributed by atoms with van der Waals surface area (Å²) in [7, 11) is -0.538. The molecule has 0 aromatic carbocycles. The molecule has 0 N–H and O–H groups in total. The monoisotopic (exact) mass is 490 g/mol. The molecule has 0 aliphatic carbocycles. The van der Waals surface area contributed by atoms with Gasteiger partial charge in [-0.15, -0.1) is 0 Å². The average Bonchev–Trinajstić information content (AvgIpc) is 2.91. The third-order valence-electron chi connectivity index (χ3n) is 5.98. The van der Waals surface area contributed by atoms with Crippen LogP contribution >= 0.6 is 0 Å². The number of hydrogen-bond donors (Lipinski definition) is 0. The maximum atomic E-state index is 15.1. The number of rotatable bonds is 6. The van der Waals surface area contributed by atoms with Gasteiger partial charge in [0, 0.05) is 26.1 Å². The molecule has 1 rings (SSSR count). The van der Waals surface area contributed by atoms with Crippen LogP contribution in [-0.4, -0.2) is 80.0 Å². The summed E-state index contributed by atoms with van der Waals surface area (Å²) in [6.07, 6.45) is -1.86. The van der Waals surface area contributed by atoms with Crippen LogP contribution in [-0.2, 0) is 13.9 Å². The van der Waals surface area contributed by atoms with Gasteiger partial charge in [-0.1, -0.05) is 20.8 Å². The molecule has 7 nitrogen and oxygen atoms in total. The average molecular weight is 491 g/mol. The molecular formula is C24H47FN2O5Si. The Morgan fingerprint density at radius 3 is 2.00 bits per heavy atom. The Labute approximate surface area is 201 Å². The molecule has 2 amide bonds. The van der Waals surface area contributed by atoms with Crippen molar-refractivity contribution in [1.29, 1.82) is 0 Å². The van der Waals surface area contributed by atoms with Crippen LogP contribution in [0.1, 0.15) is 75.2 Å². The molecule has 1 unspecified atom stereocenters. The van der Waals surface area contributed by atoms with E-state index >= 15 is 4.39 Å². The summed E-state index contributed by atoms with van der Waals surface area (Å²) in [6, 6.07) is -0.364. The Kier molecular flexibility index (Phi) is 9.44. The predicted molar refractivity (Wildman–Crippen MR) is 132 cm³/mol. The highest BCUT2D eigenvalue weighted by atomic mass is 28.4. The maximum absolute atomic E-state index is 15.1.